The zero-order valence-corrected chi connectivity index (χ0v) is 12.3. The molecule has 0 aromatic carbocycles. The molecule has 4 aliphatic rings. The molecule has 4 aliphatic carbocycles. The van der Waals surface area contributed by atoms with Crippen LogP contribution in [-0.2, 0) is 4.79 Å². The molecule has 0 amide bonds. The lowest BCUT2D eigenvalue weighted by Gasteiger charge is -2.62. The van der Waals surface area contributed by atoms with Crippen LogP contribution in [0.15, 0.2) is 0 Å². The molecule has 1 N–H and O–H groups in total. The van der Waals surface area contributed by atoms with Gasteiger partial charge in [-0.05, 0) is 74.4 Å². The molecule has 1 atom stereocenters. The molecule has 102 valence electrons. The summed E-state index contributed by atoms with van der Waals surface area (Å²) in [6.07, 6.45) is 10.5. The summed E-state index contributed by atoms with van der Waals surface area (Å²) in [4.78, 5) is 12.0. The van der Waals surface area contributed by atoms with E-state index >= 15 is 0 Å². The molecular weight excluding hydrogens is 244 g/mol. The van der Waals surface area contributed by atoms with Gasteiger partial charge in [0.2, 0.25) is 0 Å². The Hall–Kier alpha value is -0.180. The third-order valence-corrected chi connectivity index (χ3v) is 7.68. The van der Waals surface area contributed by atoms with E-state index in [1.807, 2.05) is 6.26 Å². The van der Waals surface area contributed by atoms with Gasteiger partial charge in [-0.15, -0.1) is 11.8 Å². The van der Waals surface area contributed by atoms with Crippen molar-refractivity contribution in [3.8, 4) is 0 Å². The number of hydrogen-bond acceptors (Lipinski definition) is 2. The van der Waals surface area contributed by atoms with Crippen LogP contribution in [0.4, 0.5) is 0 Å². The average molecular weight is 268 g/mol. The average Bonchev–Trinajstić information content (AvgIpc) is 2.28. The topological polar surface area (TPSA) is 37.3 Å². The number of aliphatic carboxylic acids is 1. The Bertz CT molecular complexity index is 324. The summed E-state index contributed by atoms with van der Waals surface area (Å²) in [5, 5.41) is 9.86. The van der Waals surface area contributed by atoms with Gasteiger partial charge in [0.1, 0.15) is 4.75 Å². The minimum atomic E-state index is -0.556. The number of thioether (sulfide) groups is 1. The Morgan fingerprint density at radius 3 is 1.94 bits per heavy atom. The maximum atomic E-state index is 12.0. The van der Waals surface area contributed by atoms with E-state index in [0.717, 1.165) is 24.2 Å². The van der Waals surface area contributed by atoms with Gasteiger partial charge in [0.05, 0.1) is 0 Å². The molecule has 0 heterocycles. The van der Waals surface area contributed by atoms with Gasteiger partial charge in [0.25, 0.3) is 0 Å². The SMILES string of the molecule is CCC(SC)(C(=O)O)C12CC3CC(CC(C3)C1)C2. The van der Waals surface area contributed by atoms with Crippen LogP contribution in [0.1, 0.15) is 51.9 Å². The van der Waals surface area contributed by atoms with Crippen LogP contribution >= 0.6 is 11.8 Å². The first-order valence-corrected chi connectivity index (χ1v) is 8.56. The predicted molar refractivity (Wildman–Crippen MR) is 74.8 cm³/mol. The van der Waals surface area contributed by atoms with Crippen LogP contribution in [0.2, 0.25) is 0 Å². The lowest BCUT2D eigenvalue weighted by Crippen LogP contribution is -2.59. The molecule has 0 radical (unpaired) electrons. The molecule has 4 rings (SSSR count). The molecule has 3 heteroatoms. The third-order valence-electron chi connectivity index (χ3n) is 6.09. The van der Waals surface area contributed by atoms with E-state index in [0.29, 0.717) is 0 Å². The fraction of sp³-hybridized carbons (Fsp3) is 0.933. The highest BCUT2D eigenvalue weighted by atomic mass is 32.2. The Balaban J connectivity index is 2.01. The Labute approximate surface area is 114 Å². The number of carboxylic acid groups (broad SMARTS) is 1. The molecule has 0 aromatic heterocycles. The van der Waals surface area contributed by atoms with Gasteiger partial charge < -0.3 is 5.11 Å². The monoisotopic (exact) mass is 268 g/mol. The van der Waals surface area contributed by atoms with Crippen LogP contribution in [0.3, 0.4) is 0 Å². The van der Waals surface area contributed by atoms with Crippen molar-refractivity contribution in [3.05, 3.63) is 0 Å². The summed E-state index contributed by atoms with van der Waals surface area (Å²) >= 11 is 1.61. The van der Waals surface area contributed by atoms with Gasteiger partial charge in [0.15, 0.2) is 0 Å². The fourth-order valence-corrected chi connectivity index (χ4v) is 6.95. The minimum absolute atomic E-state index is 0.0990. The number of hydrogen-bond donors (Lipinski definition) is 1. The van der Waals surface area contributed by atoms with Crippen molar-refractivity contribution < 1.29 is 9.90 Å². The van der Waals surface area contributed by atoms with Crippen molar-refractivity contribution in [1.29, 1.82) is 0 Å². The second-order valence-electron chi connectivity index (χ2n) is 6.89. The first-order valence-electron chi connectivity index (χ1n) is 7.34. The van der Waals surface area contributed by atoms with Crippen LogP contribution in [0, 0.1) is 23.2 Å². The van der Waals surface area contributed by atoms with E-state index in [2.05, 4.69) is 6.92 Å². The maximum Gasteiger partial charge on any atom is 0.320 e. The molecule has 0 aliphatic heterocycles. The van der Waals surface area contributed by atoms with Crippen LogP contribution in [0.25, 0.3) is 0 Å². The summed E-state index contributed by atoms with van der Waals surface area (Å²) in [6, 6.07) is 0. The minimum Gasteiger partial charge on any atom is -0.480 e. The van der Waals surface area contributed by atoms with E-state index in [1.165, 1.54) is 38.5 Å². The molecular formula is C15H24O2S. The van der Waals surface area contributed by atoms with E-state index in [-0.39, 0.29) is 5.41 Å². The fourth-order valence-electron chi connectivity index (χ4n) is 5.81. The van der Waals surface area contributed by atoms with Crippen LogP contribution in [0.5, 0.6) is 0 Å². The highest BCUT2D eigenvalue weighted by Gasteiger charge is 2.62. The van der Waals surface area contributed by atoms with Crippen molar-refractivity contribution in [2.24, 2.45) is 23.2 Å². The second-order valence-corrected chi connectivity index (χ2v) is 7.99. The highest BCUT2D eigenvalue weighted by Crippen LogP contribution is 2.66. The van der Waals surface area contributed by atoms with Crippen LogP contribution in [-0.4, -0.2) is 22.1 Å². The summed E-state index contributed by atoms with van der Waals surface area (Å²) in [5.74, 6) is 1.93. The molecule has 0 spiro atoms. The van der Waals surface area contributed by atoms with E-state index in [4.69, 9.17) is 0 Å². The first-order chi connectivity index (χ1) is 8.55. The van der Waals surface area contributed by atoms with Crippen LogP contribution < -0.4 is 0 Å². The van der Waals surface area contributed by atoms with Crippen molar-refractivity contribution in [2.45, 2.75) is 56.6 Å². The van der Waals surface area contributed by atoms with E-state index in [1.54, 1.807) is 11.8 Å². The van der Waals surface area contributed by atoms with Crippen molar-refractivity contribution >= 4 is 17.7 Å². The van der Waals surface area contributed by atoms with Gasteiger partial charge in [-0.25, -0.2) is 0 Å². The summed E-state index contributed by atoms with van der Waals surface area (Å²) in [5.41, 5.74) is 0.0990. The standard InChI is InChI=1S/C15H24O2S/c1-3-15(18-2,13(16)17)14-7-10-4-11(8-14)6-12(5-10)9-14/h10-12H,3-9H2,1-2H3,(H,16,17). The Kier molecular flexibility index (Phi) is 2.96. The van der Waals surface area contributed by atoms with Gasteiger partial charge in [-0.3, -0.25) is 4.79 Å². The van der Waals surface area contributed by atoms with Gasteiger partial charge in [0, 0.05) is 0 Å². The third kappa shape index (κ3) is 1.52. The maximum absolute atomic E-state index is 12.0. The van der Waals surface area contributed by atoms with E-state index < -0.39 is 10.7 Å². The number of carbonyl (C=O) groups is 1. The number of carboxylic acids is 1. The quantitative estimate of drug-likeness (QED) is 0.842. The van der Waals surface area contributed by atoms with Crippen molar-refractivity contribution in [3.63, 3.8) is 0 Å². The first kappa shape index (κ1) is 12.8. The summed E-state index contributed by atoms with van der Waals surface area (Å²) in [6.45, 7) is 2.07. The molecule has 0 saturated heterocycles. The zero-order chi connectivity index (χ0) is 13.0. The molecule has 18 heavy (non-hydrogen) atoms. The lowest BCUT2D eigenvalue weighted by molar-refractivity contribution is -0.152. The lowest BCUT2D eigenvalue weighted by atomic mass is 9.46. The molecule has 4 fully saturated rings. The molecule has 2 nitrogen and oxygen atoms in total. The van der Waals surface area contributed by atoms with Crippen molar-refractivity contribution in [1.82, 2.24) is 0 Å². The molecule has 1 unspecified atom stereocenters. The van der Waals surface area contributed by atoms with E-state index in [9.17, 15) is 9.90 Å². The summed E-state index contributed by atoms with van der Waals surface area (Å²) < 4.78 is -0.525. The predicted octanol–water partition coefficient (Wildman–Crippen LogP) is 3.80. The van der Waals surface area contributed by atoms with Crippen molar-refractivity contribution in [2.75, 3.05) is 6.26 Å². The second kappa shape index (κ2) is 4.16. The van der Waals surface area contributed by atoms with Gasteiger partial charge >= 0.3 is 5.97 Å². The van der Waals surface area contributed by atoms with Gasteiger partial charge in [-0.1, -0.05) is 6.92 Å². The summed E-state index contributed by atoms with van der Waals surface area (Å²) in [7, 11) is 0. The molecule has 0 aromatic rings. The van der Waals surface area contributed by atoms with Gasteiger partial charge in [-0.2, -0.15) is 0 Å². The Morgan fingerprint density at radius 1 is 1.22 bits per heavy atom. The largest absolute Gasteiger partial charge is 0.480 e. The normalized spacial score (nSPS) is 44.9. The smallest absolute Gasteiger partial charge is 0.320 e. The number of rotatable bonds is 4. The highest BCUT2D eigenvalue weighted by molar-refractivity contribution is 8.00. The zero-order valence-electron chi connectivity index (χ0n) is 11.4. The molecule has 4 saturated carbocycles. The Morgan fingerprint density at radius 2 is 1.67 bits per heavy atom. The molecule has 4 bridgehead atoms.